The van der Waals surface area contributed by atoms with Gasteiger partial charge >= 0.3 is 0 Å². The van der Waals surface area contributed by atoms with Gasteiger partial charge in [-0.2, -0.15) is 0 Å². The molecule has 4 nitrogen and oxygen atoms in total. The summed E-state index contributed by atoms with van der Waals surface area (Å²) in [4.78, 5) is 2.28. The first kappa shape index (κ1) is 15.0. The number of aromatic hydroxyl groups is 1. The van der Waals surface area contributed by atoms with Gasteiger partial charge in [-0.05, 0) is 61.4 Å². The van der Waals surface area contributed by atoms with Crippen LogP contribution in [0.2, 0.25) is 0 Å². The summed E-state index contributed by atoms with van der Waals surface area (Å²) in [5.41, 5.74) is 4.29. The fraction of sp³-hybridized carbons (Fsp3) is 0.700. The number of hydrogen-bond acceptors (Lipinski definition) is 4. The van der Waals surface area contributed by atoms with Gasteiger partial charge in [0.05, 0.1) is 18.9 Å². The van der Waals surface area contributed by atoms with E-state index < -0.39 is 0 Å². The first-order valence-corrected chi connectivity index (χ1v) is 9.70. The summed E-state index contributed by atoms with van der Waals surface area (Å²) in [6.45, 7) is 4.40. The highest BCUT2D eigenvalue weighted by Gasteiger charge is 2.51. The van der Waals surface area contributed by atoms with Gasteiger partial charge in [-0.1, -0.05) is 12.8 Å². The van der Waals surface area contributed by atoms with Crippen molar-refractivity contribution in [3.8, 4) is 5.75 Å². The molecule has 0 aromatic heterocycles. The molecule has 1 aromatic rings. The third-order valence-electron chi connectivity index (χ3n) is 7.09. The van der Waals surface area contributed by atoms with Crippen LogP contribution in [0.15, 0.2) is 12.1 Å². The number of ether oxygens (including phenoxy) is 1. The highest BCUT2D eigenvalue weighted by Crippen LogP contribution is 2.55. The Kier molecular flexibility index (Phi) is 3.53. The van der Waals surface area contributed by atoms with Crippen molar-refractivity contribution in [2.75, 3.05) is 37.7 Å². The van der Waals surface area contributed by atoms with E-state index in [0.717, 1.165) is 50.9 Å². The second kappa shape index (κ2) is 5.63. The second-order valence-corrected chi connectivity index (χ2v) is 8.12. The van der Waals surface area contributed by atoms with E-state index in [1.165, 1.54) is 43.2 Å². The highest BCUT2D eigenvalue weighted by atomic mass is 16.5. The minimum Gasteiger partial charge on any atom is -0.506 e. The van der Waals surface area contributed by atoms with Gasteiger partial charge in [-0.15, -0.1) is 0 Å². The zero-order valence-electron chi connectivity index (χ0n) is 14.4. The Labute approximate surface area is 144 Å². The Morgan fingerprint density at radius 3 is 2.92 bits per heavy atom. The van der Waals surface area contributed by atoms with Crippen LogP contribution in [-0.4, -0.2) is 44.0 Å². The maximum Gasteiger partial charge on any atom is 0.139 e. The van der Waals surface area contributed by atoms with Crippen molar-refractivity contribution in [3.05, 3.63) is 23.3 Å². The number of fused-ring (bicyclic) bond motifs is 1. The first-order chi connectivity index (χ1) is 11.8. The van der Waals surface area contributed by atoms with Crippen LogP contribution in [-0.2, 0) is 16.6 Å². The molecule has 0 unspecified atom stereocenters. The number of nitrogens with one attached hydrogen (secondary N) is 1. The predicted octanol–water partition coefficient (Wildman–Crippen LogP) is 2.57. The summed E-state index contributed by atoms with van der Waals surface area (Å²) in [6, 6.07) is 5.07. The third kappa shape index (κ3) is 2.12. The van der Waals surface area contributed by atoms with E-state index >= 15 is 0 Å². The molecule has 1 aromatic carbocycles. The van der Waals surface area contributed by atoms with Gasteiger partial charge < -0.3 is 20.1 Å². The largest absolute Gasteiger partial charge is 0.506 e. The summed E-state index contributed by atoms with van der Waals surface area (Å²) >= 11 is 0. The monoisotopic (exact) mass is 328 g/mol. The molecule has 2 aliphatic carbocycles. The van der Waals surface area contributed by atoms with Gasteiger partial charge in [0.2, 0.25) is 0 Å². The van der Waals surface area contributed by atoms with Crippen LogP contribution in [0.25, 0.3) is 0 Å². The lowest BCUT2D eigenvalue weighted by Crippen LogP contribution is -2.59. The summed E-state index contributed by atoms with van der Waals surface area (Å²) in [5.74, 6) is 1.24. The molecule has 2 N–H and O–H groups in total. The molecule has 0 amide bonds. The van der Waals surface area contributed by atoms with Crippen molar-refractivity contribution in [1.82, 2.24) is 5.32 Å². The molecule has 3 fully saturated rings. The van der Waals surface area contributed by atoms with Crippen LogP contribution < -0.4 is 10.2 Å². The van der Waals surface area contributed by atoms with Gasteiger partial charge in [-0.3, -0.25) is 0 Å². The van der Waals surface area contributed by atoms with Crippen molar-refractivity contribution in [3.63, 3.8) is 0 Å². The van der Waals surface area contributed by atoms with Gasteiger partial charge in [0.25, 0.3) is 0 Å². The van der Waals surface area contributed by atoms with Crippen LogP contribution in [0.1, 0.15) is 43.2 Å². The van der Waals surface area contributed by atoms with Crippen LogP contribution in [0.4, 0.5) is 5.69 Å². The number of piperidine rings is 1. The molecule has 2 aliphatic heterocycles. The molecule has 5 rings (SSSR count). The number of phenolic OH excluding ortho intramolecular Hbond substituents is 1. The molecule has 2 heterocycles. The summed E-state index contributed by atoms with van der Waals surface area (Å²) in [7, 11) is 0. The Balaban J connectivity index is 1.59. The van der Waals surface area contributed by atoms with E-state index in [1.54, 1.807) is 0 Å². The Morgan fingerprint density at radius 1 is 1.17 bits per heavy atom. The van der Waals surface area contributed by atoms with E-state index in [4.69, 9.17) is 4.74 Å². The normalized spacial score (nSPS) is 35.2. The molecule has 0 spiro atoms. The maximum absolute atomic E-state index is 10.8. The van der Waals surface area contributed by atoms with Crippen molar-refractivity contribution in [1.29, 1.82) is 0 Å². The van der Waals surface area contributed by atoms with E-state index in [9.17, 15) is 5.11 Å². The molecule has 24 heavy (non-hydrogen) atoms. The van der Waals surface area contributed by atoms with Gasteiger partial charge in [0.1, 0.15) is 5.75 Å². The summed E-state index contributed by atoms with van der Waals surface area (Å²) < 4.78 is 5.47. The molecule has 130 valence electrons. The number of benzene rings is 1. The minimum atomic E-state index is 0.322. The Morgan fingerprint density at radius 2 is 2.04 bits per heavy atom. The van der Waals surface area contributed by atoms with E-state index in [-0.39, 0.29) is 0 Å². The summed E-state index contributed by atoms with van der Waals surface area (Å²) in [5, 5.41) is 14.6. The molecule has 2 bridgehead atoms. The number of anilines is 1. The Hall–Kier alpha value is -1.26. The quantitative estimate of drug-likeness (QED) is 0.832. The van der Waals surface area contributed by atoms with E-state index in [0.29, 0.717) is 17.2 Å². The lowest BCUT2D eigenvalue weighted by atomic mass is 9.53. The average molecular weight is 328 g/mol. The van der Waals surface area contributed by atoms with Gasteiger partial charge in [0, 0.05) is 24.5 Å². The minimum absolute atomic E-state index is 0.322. The second-order valence-electron chi connectivity index (χ2n) is 8.12. The lowest BCUT2D eigenvalue weighted by molar-refractivity contribution is 0.0795. The third-order valence-corrected chi connectivity index (χ3v) is 7.09. The molecule has 4 heteroatoms. The van der Waals surface area contributed by atoms with Gasteiger partial charge in [0.15, 0.2) is 0 Å². The van der Waals surface area contributed by atoms with E-state index in [1.807, 2.05) is 0 Å². The standard InChI is InChI=1S/C20H28N2O2/c23-19-13-16-14(12-18(19)22-7-9-24-10-8-22)11-17-15-3-1-2-4-20(15,16)5-6-21-17/h12-13,15,17,21,23H,1-11H2/t15-,17+,20+/m1/s1. The molecule has 3 atom stereocenters. The molecule has 2 saturated heterocycles. The Bertz CT molecular complexity index is 637. The van der Waals surface area contributed by atoms with Crippen LogP contribution in [0.5, 0.6) is 5.75 Å². The van der Waals surface area contributed by atoms with Crippen LogP contribution >= 0.6 is 0 Å². The number of morpholine rings is 1. The number of hydrogen-bond donors (Lipinski definition) is 2. The van der Waals surface area contributed by atoms with Crippen LogP contribution in [0.3, 0.4) is 0 Å². The maximum atomic E-state index is 10.8. The predicted molar refractivity (Wildman–Crippen MR) is 94.9 cm³/mol. The number of phenols is 1. The van der Waals surface area contributed by atoms with Crippen molar-refractivity contribution >= 4 is 5.69 Å². The highest BCUT2D eigenvalue weighted by molar-refractivity contribution is 5.63. The van der Waals surface area contributed by atoms with Crippen molar-refractivity contribution in [2.24, 2.45) is 5.92 Å². The average Bonchev–Trinajstić information content (AvgIpc) is 2.63. The SMILES string of the molecule is Oc1cc2c(cc1N1CCOCC1)C[C@@H]1NCC[C@]23CCCC[C@H]13. The molecular weight excluding hydrogens is 300 g/mol. The number of rotatable bonds is 1. The van der Waals surface area contributed by atoms with Crippen molar-refractivity contribution in [2.45, 2.75) is 50.0 Å². The topological polar surface area (TPSA) is 44.7 Å². The van der Waals surface area contributed by atoms with E-state index in [2.05, 4.69) is 22.3 Å². The zero-order chi connectivity index (χ0) is 16.1. The van der Waals surface area contributed by atoms with Crippen molar-refractivity contribution < 1.29 is 9.84 Å². The fourth-order valence-electron chi connectivity index (χ4n) is 6.02. The molecule has 0 radical (unpaired) electrons. The van der Waals surface area contributed by atoms with Gasteiger partial charge in [-0.25, -0.2) is 0 Å². The fourth-order valence-corrected chi connectivity index (χ4v) is 6.02. The zero-order valence-corrected chi connectivity index (χ0v) is 14.4. The van der Waals surface area contributed by atoms with Crippen LogP contribution in [0, 0.1) is 5.92 Å². The summed E-state index contributed by atoms with van der Waals surface area (Å²) in [6.07, 6.45) is 7.73. The molecule has 1 saturated carbocycles. The first-order valence-electron chi connectivity index (χ1n) is 9.70. The molecular formula is C20H28N2O2. The lowest BCUT2D eigenvalue weighted by Gasteiger charge is -2.56. The smallest absolute Gasteiger partial charge is 0.139 e. The molecule has 4 aliphatic rings. The number of nitrogens with zero attached hydrogens (tertiary/aromatic N) is 1.